The summed E-state index contributed by atoms with van der Waals surface area (Å²) in [6.45, 7) is 0. The van der Waals surface area contributed by atoms with Crippen LogP contribution in [-0.4, -0.2) is 19.5 Å². The zero-order valence-corrected chi connectivity index (χ0v) is 5.07. The van der Waals surface area contributed by atoms with Crippen LogP contribution in [0.5, 0.6) is 0 Å². The molecule has 0 aromatic heterocycles. The predicted molar refractivity (Wildman–Crippen MR) is 29.5 cm³/mol. The van der Waals surface area contributed by atoms with Crippen molar-refractivity contribution in [3.63, 3.8) is 0 Å². The highest BCUT2D eigenvalue weighted by Crippen LogP contribution is 2.38. The molecule has 1 fully saturated rings. The number of hydrogen-bond acceptors (Lipinski definition) is 3. The monoisotopic (exact) mass is 125 g/mol. The number of carbonyl (C=O) groups is 1. The Morgan fingerprint density at radius 1 is 1.78 bits per heavy atom. The van der Waals surface area contributed by atoms with Gasteiger partial charge >= 0.3 is 0 Å². The average molecular weight is 125 g/mol. The van der Waals surface area contributed by atoms with E-state index in [0.29, 0.717) is 0 Å². The third-order valence-electron chi connectivity index (χ3n) is 1.59. The van der Waals surface area contributed by atoms with E-state index in [1.807, 2.05) is 6.07 Å². The lowest BCUT2D eigenvalue weighted by atomic mass is 10.4. The molecule has 1 rings (SSSR count). The average Bonchev–Trinajstić information content (AvgIpc) is 2.59. The van der Waals surface area contributed by atoms with Gasteiger partial charge in [0, 0.05) is 7.11 Å². The Hall–Kier alpha value is -0.880. The Kier molecular flexibility index (Phi) is 1.50. The van der Waals surface area contributed by atoms with Crippen molar-refractivity contribution >= 4 is 6.29 Å². The van der Waals surface area contributed by atoms with Crippen molar-refractivity contribution in [1.29, 1.82) is 5.26 Å². The summed E-state index contributed by atoms with van der Waals surface area (Å²) >= 11 is 0. The molecule has 0 radical (unpaired) electrons. The summed E-state index contributed by atoms with van der Waals surface area (Å²) in [7, 11) is 1.51. The fourth-order valence-electron chi connectivity index (χ4n) is 0.931. The lowest BCUT2D eigenvalue weighted by Gasteiger charge is -1.85. The molecule has 0 aromatic carbocycles. The van der Waals surface area contributed by atoms with Crippen molar-refractivity contribution in [2.24, 2.45) is 11.8 Å². The fourth-order valence-corrected chi connectivity index (χ4v) is 0.931. The van der Waals surface area contributed by atoms with E-state index in [0.717, 1.165) is 6.29 Å². The molecule has 1 aliphatic carbocycles. The Morgan fingerprint density at radius 3 is 2.56 bits per heavy atom. The lowest BCUT2D eigenvalue weighted by Crippen LogP contribution is -1.91. The number of aldehydes is 1. The number of nitriles is 1. The van der Waals surface area contributed by atoms with E-state index in [4.69, 9.17) is 10.00 Å². The number of rotatable bonds is 2. The fraction of sp³-hybridized carbons (Fsp3) is 0.667. The Balaban J connectivity index is 2.46. The van der Waals surface area contributed by atoms with Gasteiger partial charge in [-0.05, 0) is 0 Å². The second kappa shape index (κ2) is 2.16. The predicted octanol–water partition coefficient (Wildman–Crippen LogP) is -0.0301. The molecule has 0 amide bonds. The second-order valence-corrected chi connectivity index (χ2v) is 2.07. The van der Waals surface area contributed by atoms with Gasteiger partial charge in [-0.2, -0.15) is 5.26 Å². The van der Waals surface area contributed by atoms with Crippen LogP contribution in [0.15, 0.2) is 0 Å². The number of ether oxygens (including phenoxy) is 1. The van der Waals surface area contributed by atoms with Crippen LogP contribution in [0.3, 0.4) is 0 Å². The lowest BCUT2D eigenvalue weighted by molar-refractivity contribution is -0.109. The van der Waals surface area contributed by atoms with E-state index in [9.17, 15) is 4.79 Å². The molecule has 0 saturated heterocycles. The second-order valence-electron chi connectivity index (χ2n) is 2.07. The molecule has 3 atom stereocenters. The summed E-state index contributed by atoms with van der Waals surface area (Å²) < 4.78 is 4.81. The van der Waals surface area contributed by atoms with E-state index in [2.05, 4.69) is 0 Å². The maximum atomic E-state index is 10.1. The minimum absolute atomic E-state index is 0.132. The van der Waals surface area contributed by atoms with Crippen LogP contribution in [0.2, 0.25) is 0 Å². The first-order valence-electron chi connectivity index (χ1n) is 2.73. The van der Waals surface area contributed by atoms with Crippen molar-refractivity contribution < 1.29 is 9.53 Å². The molecular weight excluding hydrogens is 118 g/mol. The summed E-state index contributed by atoms with van der Waals surface area (Å²) in [5, 5.41) is 8.32. The van der Waals surface area contributed by atoms with Crippen LogP contribution in [0.1, 0.15) is 0 Å². The summed E-state index contributed by atoms with van der Waals surface area (Å²) in [5.41, 5.74) is 0. The highest BCUT2D eigenvalue weighted by molar-refractivity contribution is 5.61. The van der Waals surface area contributed by atoms with E-state index >= 15 is 0 Å². The van der Waals surface area contributed by atoms with Crippen molar-refractivity contribution in [1.82, 2.24) is 0 Å². The van der Waals surface area contributed by atoms with Crippen LogP contribution < -0.4 is 0 Å². The third kappa shape index (κ3) is 0.816. The molecule has 0 heterocycles. The van der Waals surface area contributed by atoms with Crippen molar-refractivity contribution in [2.75, 3.05) is 7.11 Å². The van der Waals surface area contributed by atoms with Gasteiger partial charge in [0.15, 0.2) is 0 Å². The molecule has 9 heavy (non-hydrogen) atoms. The summed E-state index contributed by atoms with van der Waals surface area (Å²) in [4.78, 5) is 10.1. The van der Waals surface area contributed by atoms with Crippen LogP contribution in [0, 0.1) is 23.2 Å². The summed E-state index contributed by atoms with van der Waals surface area (Å²) in [6, 6.07) is 1.98. The largest absolute Gasteiger partial charge is 0.379 e. The first-order valence-corrected chi connectivity index (χ1v) is 2.73. The van der Waals surface area contributed by atoms with Gasteiger partial charge in [-0.3, -0.25) is 0 Å². The van der Waals surface area contributed by atoms with Crippen molar-refractivity contribution in [3.8, 4) is 6.07 Å². The third-order valence-corrected chi connectivity index (χ3v) is 1.59. The minimum Gasteiger partial charge on any atom is -0.379 e. The topological polar surface area (TPSA) is 50.1 Å². The highest BCUT2D eigenvalue weighted by atomic mass is 16.5. The number of methoxy groups -OCH3 is 1. The SMILES string of the molecule is COC1C(C#N)C1C=O. The van der Waals surface area contributed by atoms with Gasteiger partial charge in [-0.1, -0.05) is 0 Å². The number of nitrogens with zero attached hydrogens (tertiary/aromatic N) is 1. The van der Waals surface area contributed by atoms with Crippen LogP contribution >= 0.6 is 0 Å². The molecule has 0 bridgehead atoms. The molecule has 3 unspecified atom stereocenters. The van der Waals surface area contributed by atoms with Gasteiger partial charge in [0.05, 0.1) is 24.0 Å². The number of hydrogen-bond donors (Lipinski definition) is 0. The normalized spacial score (nSPS) is 39.3. The van der Waals surface area contributed by atoms with E-state index in [-0.39, 0.29) is 17.9 Å². The molecule has 0 N–H and O–H groups in total. The van der Waals surface area contributed by atoms with Gasteiger partial charge in [0.1, 0.15) is 6.29 Å². The van der Waals surface area contributed by atoms with E-state index in [1.165, 1.54) is 7.11 Å². The molecule has 0 aliphatic heterocycles. The standard InChI is InChI=1S/C6H7NO2/c1-9-6-4(2-7)5(6)3-8/h3-6H,1H3. The minimum atomic E-state index is -0.188. The molecular formula is C6H7NO2. The van der Waals surface area contributed by atoms with E-state index < -0.39 is 0 Å². The first-order chi connectivity index (χ1) is 4.35. The maximum Gasteiger partial charge on any atom is 0.127 e. The molecule has 0 aromatic rings. The molecule has 3 heteroatoms. The smallest absolute Gasteiger partial charge is 0.127 e. The molecule has 1 saturated carbocycles. The van der Waals surface area contributed by atoms with Gasteiger partial charge < -0.3 is 9.53 Å². The van der Waals surface area contributed by atoms with Crippen LogP contribution in [-0.2, 0) is 9.53 Å². The summed E-state index contributed by atoms with van der Waals surface area (Å²) in [5.74, 6) is -0.354. The van der Waals surface area contributed by atoms with Crippen molar-refractivity contribution in [2.45, 2.75) is 6.10 Å². The zero-order valence-electron chi connectivity index (χ0n) is 5.07. The van der Waals surface area contributed by atoms with Crippen molar-refractivity contribution in [3.05, 3.63) is 0 Å². The zero-order chi connectivity index (χ0) is 6.85. The molecule has 1 aliphatic rings. The van der Waals surface area contributed by atoms with Gasteiger partial charge in [-0.15, -0.1) is 0 Å². The number of carbonyl (C=O) groups excluding carboxylic acids is 1. The first kappa shape index (κ1) is 6.24. The Labute approximate surface area is 53.2 Å². The Morgan fingerprint density at radius 2 is 2.44 bits per heavy atom. The molecule has 3 nitrogen and oxygen atoms in total. The van der Waals surface area contributed by atoms with Gasteiger partial charge in [0.25, 0.3) is 0 Å². The molecule has 48 valence electrons. The highest BCUT2D eigenvalue weighted by Gasteiger charge is 2.51. The Bertz CT molecular complexity index is 161. The molecule has 0 spiro atoms. The van der Waals surface area contributed by atoms with Crippen LogP contribution in [0.4, 0.5) is 0 Å². The summed E-state index contributed by atoms with van der Waals surface area (Å²) in [6.07, 6.45) is 0.648. The van der Waals surface area contributed by atoms with Crippen LogP contribution in [0.25, 0.3) is 0 Å². The van der Waals surface area contributed by atoms with E-state index in [1.54, 1.807) is 0 Å². The van der Waals surface area contributed by atoms with Gasteiger partial charge in [-0.25, -0.2) is 0 Å². The van der Waals surface area contributed by atoms with Gasteiger partial charge in [0.2, 0.25) is 0 Å². The quantitative estimate of drug-likeness (QED) is 0.487. The maximum absolute atomic E-state index is 10.1.